The molecule has 0 aliphatic carbocycles. The normalized spacial score (nSPS) is 19.6. The molecule has 0 amide bonds. The maximum atomic E-state index is 10.5. The lowest BCUT2D eigenvalue weighted by molar-refractivity contribution is -0.107. The molecule has 20 heavy (non-hydrogen) atoms. The summed E-state index contributed by atoms with van der Waals surface area (Å²) >= 11 is 0. The molecule has 0 saturated carbocycles. The first kappa shape index (κ1) is 14.7. The van der Waals surface area contributed by atoms with Gasteiger partial charge in [-0.05, 0) is 33.8 Å². The van der Waals surface area contributed by atoms with E-state index < -0.39 is 18.3 Å². The summed E-state index contributed by atoms with van der Waals surface area (Å²) in [6.07, 6.45) is 0.955. The van der Waals surface area contributed by atoms with Crippen LogP contribution < -0.4 is 5.46 Å². The fourth-order valence-corrected chi connectivity index (χ4v) is 1.96. The number of rotatable bonds is 3. The van der Waals surface area contributed by atoms with Crippen LogP contribution in [0.5, 0.6) is 0 Å². The molecule has 0 aromatic carbocycles. The molecule has 1 fully saturated rings. The number of aromatic nitrogens is 1. The lowest BCUT2D eigenvalue weighted by Crippen LogP contribution is -2.41. The Morgan fingerprint density at radius 2 is 1.90 bits per heavy atom. The number of nitrogens with zero attached hydrogens (tertiary/aromatic N) is 2. The highest BCUT2D eigenvalue weighted by Gasteiger charge is 2.52. The average molecular weight is 272 g/mol. The number of pyridine rings is 1. The van der Waals surface area contributed by atoms with Gasteiger partial charge in [-0.3, -0.25) is 0 Å². The van der Waals surface area contributed by atoms with Gasteiger partial charge >= 0.3 is 7.12 Å². The van der Waals surface area contributed by atoms with E-state index in [1.165, 1.54) is 0 Å². The van der Waals surface area contributed by atoms with Crippen molar-refractivity contribution in [3.05, 3.63) is 23.5 Å². The summed E-state index contributed by atoms with van der Waals surface area (Å²) in [7, 11) is -0.618. The molecule has 2 heterocycles. The van der Waals surface area contributed by atoms with Crippen molar-refractivity contribution >= 4 is 18.9 Å². The minimum atomic E-state index is -0.618. The fraction of sp³-hybridized carbons (Fsp3) is 0.500. The second-order valence-corrected chi connectivity index (χ2v) is 5.81. The van der Waals surface area contributed by atoms with E-state index in [2.05, 4.69) is 4.98 Å². The van der Waals surface area contributed by atoms with E-state index >= 15 is 0 Å². The van der Waals surface area contributed by atoms with Crippen molar-refractivity contribution in [1.82, 2.24) is 4.98 Å². The number of aldehydes is 1. The van der Waals surface area contributed by atoms with Gasteiger partial charge in [0.15, 0.2) is 0 Å². The van der Waals surface area contributed by atoms with Crippen molar-refractivity contribution in [3.63, 3.8) is 0 Å². The molecule has 104 valence electrons. The van der Waals surface area contributed by atoms with Gasteiger partial charge in [0.2, 0.25) is 0 Å². The third-order valence-corrected chi connectivity index (χ3v) is 3.89. The second kappa shape index (κ2) is 5.00. The van der Waals surface area contributed by atoms with Crippen molar-refractivity contribution in [2.24, 2.45) is 0 Å². The zero-order valence-corrected chi connectivity index (χ0v) is 12.1. The largest absolute Gasteiger partial charge is 0.497 e. The molecule has 1 saturated heterocycles. The van der Waals surface area contributed by atoms with Gasteiger partial charge in [0.05, 0.1) is 11.2 Å². The van der Waals surface area contributed by atoms with Crippen molar-refractivity contribution in [2.75, 3.05) is 0 Å². The molecule has 6 heteroatoms. The number of hydrogen-bond acceptors (Lipinski definition) is 5. The number of carbonyl (C=O) groups is 1. The number of hydrogen-bond donors (Lipinski definition) is 0. The van der Waals surface area contributed by atoms with E-state index in [-0.39, 0.29) is 12.1 Å². The van der Waals surface area contributed by atoms with Gasteiger partial charge in [0.25, 0.3) is 0 Å². The van der Waals surface area contributed by atoms with Gasteiger partial charge < -0.3 is 14.1 Å². The van der Waals surface area contributed by atoms with Crippen molar-refractivity contribution in [2.45, 2.75) is 45.3 Å². The molecule has 0 spiro atoms. The highest BCUT2D eigenvalue weighted by Crippen LogP contribution is 2.36. The zero-order chi connectivity index (χ0) is 15.0. The van der Waals surface area contributed by atoms with Crippen molar-refractivity contribution in [3.8, 4) is 6.07 Å². The van der Waals surface area contributed by atoms with E-state index in [9.17, 15) is 10.1 Å². The lowest BCUT2D eigenvalue weighted by atomic mass is 9.78. The van der Waals surface area contributed by atoms with Crippen LogP contribution in [0, 0.1) is 11.3 Å². The van der Waals surface area contributed by atoms with E-state index in [1.54, 1.807) is 12.1 Å². The molecular formula is C14H17BN2O3. The second-order valence-electron chi connectivity index (χ2n) is 5.81. The first-order chi connectivity index (χ1) is 9.30. The molecule has 2 rings (SSSR count). The molecular weight excluding hydrogens is 255 g/mol. The van der Waals surface area contributed by atoms with Crippen LogP contribution in [0.15, 0.2) is 12.1 Å². The molecule has 0 atom stereocenters. The van der Waals surface area contributed by atoms with E-state index in [0.29, 0.717) is 11.2 Å². The molecule has 0 radical (unpaired) electrons. The topological polar surface area (TPSA) is 72.2 Å². The Morgan fingerprint density at radius 3 is 2.40 bits per heavy atom. The highest BCUT2D eigenvalue weighted by molar-refractivity contribution is 6.62. The predicted octanol–water partition coefficient (Wildman–Crippen LogP) is 0.994. The van der Waals surface area contributed by atoms with Gasteiger partial charge in [0, 0.05) is 17.6 Å². The molecule has 1 aromatic heterocycles. The van der Waals surface area contributed by atoms with E-state index in [1.807, 2.05) is 33.8 Å². The van der Waals surface area contributed by atoms with Crippen LogP contribution >= 0.6 is 0 Å². The lowest BCUT2D eigenvalue weighted by Gasteiger charge is -2.32. The molecule has 1 aromatic rings. The Bertz CT molecular complexity index is 562. The van der Waals surface area contributed by atoms with Crippen LogP contribution in [0.1, 0.15) is 39.1 Å². The van der Waals surface area contributed by atoms with E-state index in [4.69, 9.17) is 9.31 Å². The molecule has 0 unspecified atom stereocenters. The van der Waals surface area contributed by atoms with Crippen LogP contribution in [-0.4, -0.2) is 29.6 Å². The van der Waals surface area contributed by atoms with Crippen molar-refractivity contribution in [1.29, 1.82) is 5.26 Å². The van der Waals surface area contributed by atoms with Gasteiger partial charge in [-0.25, -0.2) is 4.98 Å². The predicted molar refractivity (Wildman–Crippen MR) is 74.4 cm³/mol. The SMILES string of the molecule is CC1(C)OB(c2ccc(CC=O)nc2C#N)OC1(C)C. The Hall–Kier alpha value is -1.71. The number of carbonyl (C=O) groups excluding carboxylic acids is 1. The van der Waals surface area contributed by atoms with Gasteiger partial charge in [-0.1, -0.05) is 6.07 Å². The Morgan fingerprint density at radius 1 is 1.30 bits per heavy atom. The summed E-state index contributed by atoms with van der Waals surface area (Å²) in [5.41, 5.74) is 0.470. The van der Waals surface area contributed by atoms with E-state index in [0.717, 1.165) is 6.29 Å². The summed E-state index contributed by atoms with van der Waals surface area (Å²) in [6, 6.07) is 5.50. The Labute approximate surface area is 119 Å². The molecule has 5 nitrogen and oxygen atoms in total. The molecule has 1 aliphatic rings. The van der Waals surface area contributed by atoms with Crippen LogP contribution in [0.25, 0.3) is 0 Å². The Kier molecular flexibility index (Phi) is 3.68. The van der Waals surface area contributed by atoms with Gasteiger partial charge in [-0.2, -0.15) is 5.26 Å². The summed E-state index contributed by atoms with van der Waals surface area (Å²) in [4.78, 5) is 14.7. The molecule has 0 bridgehead atoms. The van der Waals surface area contributed by atoms with Gasteiger partial charge in [0.1, 0.15) is 18.0 Å². The zero-order valence-electron chi connectivity index (χ0n) is 12.1. The summed E-state index contributed by atoms with van der Waals surface area (Å²) < 4.78 is 11.8. The number of nitriles is 1. The minimum absolute atomic E-state index is 0.193. The summed E-state index contributed by atoms with van der Waals surface area (Å²) in [5, 5.41) is 9.22. The standard InChI is InChI=1S/C14H17BN2O3/c1-13(2)14(3,4)20-15(19-13)11-6-5-10(7-8-18)17-12(11)9-16/h5-6,8H,7H2,1-4H3. The first-order valence-electron chi connectivity index (χ1n) is 6.50. The summed E-state index contributed by atoms with van der Waals surface area (Å²) in [6.45, 7) is 7.81. The smallest absolute Gasteiger partial charge is 0.399 e. The molecule has 1 aliphatic heterocycles. The van der Waals surface area contributed by atoms with Crippen LogP contribution in [-0.2, 0) is 20.5 Å². The Balaban J connectivity index is 2.36. The summed E-state index contributed by atoms with van der Waals surface area (Å²) in [5.74, 6) is 0. The van der Waals surface area contributed by atoms with Crippen LogP contribution in [0.4, 0.5) is 0 Å². The van der Waals surface area contributed by atoms with Crippen LogP contribution in [0.3, 0.4) is 0 Å². The van der Waals surface area contributed by atoms with Crippen LogP contribution in [0.2, 0.25) is 0 Å². The quantitative estimate of drug-likeness (QED) is 0.606. The maximum absolute atomic E-state index is 10.5. The maximum Gasteiger partial charge on any atom is 0.497 e. The third kappa shape index (κ3) is 2.47. The molecule has 0 N–H and O–H groups in total. The van der Waals surface area contributed by atoms with Crippen molar-refractivity contribution < 1.29 is 14.1 Å². The fourth-order valence-electron chi connectivity index (χ4n) is 1.96. The first-order valence-corrected chi connectivity index (χ1v) is 6.50. The third-order valence-electron chi connectivity index (χ3n) is 3.89. The monoisotopic (exact) mass is 272 g/mol. The average Bonchev–Trinajstić information content (AvgIpc) is 2.58. The highest BCUT2D eigenvalue weighted by atomic mass is 16.7. The van der Waals surface area contributed by atoms with Gasteiger partial charge in [-0.15, -0.1) is 0 Å². The minimum Gasteiger partial charge on any atom is -0.399 e.